The van der Waals surface area contributed by atoms with Crippen LogP contribution in [0.15, 0.2) is 24.7 Å². The molecule has 0 unspecified atom stereocenters. The van der Waals surface area contributed by atoms with E-state index in [1.165, 1.54) is 0 Å². The van der Waals surface area contributed by atoms with Gasteiger partial charge in [-0.3, -0.25) is 4.68 Å². The maximum absolute atomic E-state index is 5.40. The molecule has 1 heterocycles. The Bertz CT molecular complexity index is 237. The van der Waals surface area contributed by atoms with Gasteiger partial charge < -0.3 is 5.73 Å². The van der Waals surface area contributed by atoms with Crippen molar-refractivity contribution in [3.8, 4) is 0 Å². The quantitative estimate of drug-likeness (QED) is 0.642. The molecule has 0 fully saturated rings. The van der Waals surface area contributed by atoms with Crippen molar-refractivity contribution in [1.29, 1.82) is 0 Å². The number of rotatable bonds is 2. The van der Waals surface area contributed by atoms with E-state index >= 15 is 0 Å². The van der Waals surface area contributed by atoms with Crippen molar-refractivity contribution in [2.24, 2.45) is 12.8 Å². The van der Waals surface area contributed by atoms with Gasteiger partial charge in [0.15, 0.2) is 0 Å². The van der Waals surface area contributed by atoms with E-state index < -0.39 is 0 Å². The van der Waals surface area contributed by atoms with Crippen LogP contribution < -0.4 is 5.73 Å². The second-order valence-electron chi connectivity index (χ2n) is 2.36. The largest absolute Gasteiger partial charge is 0.402 e. The van der Waals surface area contributed by atoms with Gasteiger partial charge >= 0.3 is 0 Å². The summed E-state index contributed by atoms with van der Waals surface area (Å²) in [5.41, 5.74) is 7.18. The minimum Gasteiger partial charge on any atom is -0.402 e. The highest BCUT2D eigenvalue weighted by molar-refractivity contribution is 5.11. The molecule has 54 valence electrons. The molecule has 3 heteroatoms. The van der Waals surface area contributed by atoms with E-state index in [0.29, 0.717) is 12.1 Å². The number of hydrogen-bond donors (Lipinski definition) is 1. The van der Waals surface area contributed by atoms with Crippen molar-refractivity contribution >= 4 is 0 Å². The van der Waals surface area contributed by atoms with E-state index in [-0.39, 0.29) is 0 Å². The van der Waals surface area contributed by atoms with E-state index in [1.807, 2.05) is 13.2 Å². The Morgan fingerprint density at radius 1 is 1.90 bits per heavy atom. The Balaban J connectivity index is 2.67. The fraction of sp³-hybridized carbons (Fsp3) is 0.286. The minimum absolute atomic E-state index is 0.674. The number of aryl methyl sites for hydroxylation is 1. The Morgan fingerprint density at radius 3 is 3.00 bits per heavy atom. The lowest BCUT2D eigenvalue weighted by molar-refractivity contribution is 0.767. The molecule has 0 aliphatic rings. The van der Waals surface area contributed by atoms with E-state index in [9.17, 15) is 0 Å². The van der Waals surface area contributed by atoms with E-state index in [0.717, 1.165) is 5.56 Å². The minimum atomic E-state index is 0.674. The summed E-state index contributed by atoms with van der Waals surface area (Å²) in [7, 11) is 1.88. The van der Waals surface area contributed by atoms with Gasteiger partial charge in [0.2, 0.25) is 0 Å². The normalized spacial score (nSPS) is 9.70. The summed E-state index contributed by atoms with van der Waals surface area (Å²) >= 11 is 0. The SMILES string of the molecule is C=C(N)Cc1cnn(C)c1. The molecule has 0 atom stereocenters. The molecule has 0 aliphatic heterocycles. The summed E-state index contributed by atoms with van der Waals surface area (Å²) in [5, 5.41) is 3.99. The third-order valence-electron chi connectivity index (χ3n) is 1.19. The van der Waals surface area contributed by atoms with Crippen LogP contribution in [0.5, 0.6) is 0 Å². The molecule has 0 aliphatic carbocycles. The van der Waals surface area contributed by atoms with Gasteiger partial charge in [0.25, 0.3) is 0 Å². The van der Waals surface area contributed by atoms with Gasteiger partial charge in [-0.05, 0) is 5.56 Å². The zero-order valence-corrected chi connectivity index (χ0v) is 6.04. The topological polar surface area (TPSA) is 43.8 Å². The second-order valence-corrected chi connectivity index (χ2v) is 2.36. The van der Waals surface area contributed by atoms with Crippen LogP contribution in [0.3, 0.4) is 0 Å². The smallest absolute Gasteiger partial charge is 0.0525 e. The first kappa shape index (κ1) is 6.86. The van der Waals surface area contributed by atoms with Crippen LogP contribution in [0.1, 0.15) is 5.56 Å². The molecule has 0 spiro atoms. The van der Waals surface area contributed by atoms with E-state index in [2.05, 4.69) is 11.7 Å². The third kappa shape index (κ3) is 1.62. The lowest BCUT2D eigenvalue weighted by Gasteiger charge is -1.92. The molecular weight excluding hydrogens is 126 g/mol. The fourth-order valence-corrected chi connectivity index (χ4v) is 0.825. The summed E-state index contributed by atoms with van der Waals surface area (Å²) in [4.78, 5) is 0. The van der Waals surface area contributed by atoms with Crippen LogP contribution in [0.25, 0.3) is 0 Å². The van der Waals surface area contributed by atoms with Crippen molar-refractivity contribution in [2.45, 2.75) is 6.42 Å². The first-order valence-electron chi connectivity index (χ1n) is 3.09. The monoisotopic (exact) mass is 137 g/mol. The van der Waals surface area contributed by atoms with Crippen molar-refractivity contribution in [1.82, 2.24) is 9.78 Å². The van der Waals surface area contributed by atoms with Gasteiger partial charge in [-0.1, -0.05) is 6.58 Å². The van der Waals surface area contributed by atoms with Crippen molar-refractivity contribution in [3.05, 3.63) is 30.2 Å². The lowest BCUT2D eigenvalue weighted by Crippen LogP contribution is -1.97. The first-order valence-corrected chi connectivity index (χ1v) is 3.09. The molecule has 1 rings (SSSR count). The highest BCUT2D eigenvalue weighted by atomic mass is 15.2. The van der Waals surface area contributed by atoms with Crippen LogP contribution >= 0.6 is 0 Å². The summed E-state index contributed by atoms with van der Waals surface area (Å²) in [6.45, 7) is 3.60. The molecule has 0 radical (unpaired) electrons. The maximum Gasteiger partial charge on any atom is 0.0525 e. The van der Waals surface area contributed by atoms with Crippen LogP contribution in [-0.2, 0) is 13.5 Å². The predicted octanol–water partition coefficient (Wildman–Crippen LogP) is 0.435. The van der Waals surface area contributed by atoms with Crippen LogP contribution in [0, 0.1) is 0 Å². The number of aromatic nitrogens is 2. The van der Waals surface area contributed by atoms with Crippen molar-refractivity contribution in [3.63, 3.8) is 0 Å². The molecule has 2 N–H and O–H groups in total. The molecule has 0 aromatic carbocycles. The highest BCUT2D eigenvalue weighted by Crippen LogP contribution is 1.99. The van der Waals surface area contributed by atoms with Crippen molar-refractivity contribution < 1.29 is 0 Å². The molecule has 3 nitrogen and oxygen atoms in total. The first-order chi connectivity index (χ1) is 4.68. The van der Waals surface area contributed by atoms with Gasteiger partial charge in [0.1, 0.15) is 0 Å². The molecule has 10 heavy (non-hydrogen) atoms. The third-order valence-corrected chi connectivity index (χ3v) is 1.19. The Labute approximate surface area is 60.1 Å². The lowest BCUT2D eigenvalue weighted by atomic mass is 10.2. The molecule has 1 aromatic rings. The van der Waals surface area contributed by atoms with Gasteiger partial charge in [-0.2, -0.15) is 5.10 Å². The molecule has 0 saturated carbocycles. The number of hydrogen-bond acceptors (Lipinski definition) is 2. The Morgan fingerprint density at radius 2 is 2.60 bits per heavy atom. The predicted molar refractivity (Wildman–Crippen MR) is 40.2 cm³/mol. The van der Waals surface area contributed by atoms with Gasteiger partial charge in [0.05, 0.1) is 6.20 Å². The molecule has 0 bridgehead atoms. The average molecular weight is 137 g/mol. The maximum atomic E-state index is 5.40. The highest BCUT2D eigenvalue weighted by Gasteiger charge is 1.94. The van der Waals surface area contributed by atoms with E-state index in [4.69, 9.17) is 5.73 Å². The van der Waals surface area contributed by atoms with Gasteiger partial charge in [0, 0.05) is 25.4 Å². The van der Waals surface area contributed by atoms with Crippen LogP contribution in [0.2, 0.25) is 0 Å². The average Bonchev–Trinajstić information content (AvgIpc) is 2.13. The molecule has 0 saturated heterocycles. The van der Waals surface area contributed by atoms with Crippen molar-refractivity contribution in [2.75, 3.05) is 0 Å². The molecule has 0 amide bonds. The summed E-state index contributed by atoms with van der Waals surface area (Å²) in [6.07, 6.45) is 4.43. The zero-order valence-electron chi connectivity index (χ0n) is 6.04. The van der Waals surface area contributed by atoms with Gasteiger partial charge in [-0.25, -0.2) is 0 Å². The standard InChI is InChI=1S/C7H11N3/c1-6(8)3-7-4-9-10(2)5-7/h4-5H,1,3,8H2,2H3. The summed E-state index contributed by atoms with van der Waals surface area (Å²) in [5.74, 6) is 0. The van der Waals surface area contributed by atoms with Gasteiger partial charge in [-0.15, -0.1) is 0 Å². The fourth-order valence-electron chi connectivity index (χ4n) is 0.825. The Kier molecular flexibility index (Phi) is 1.76. The number of nitrogens with zero attached hydrogens (tertiary/aromatic N) is 2. The van der Waals surface area contributed by atoms with E-state index in [1.54, 1.807) is 10.9 Å². The van der Waals surface area contributed by atoms with Crippen LogP contribution in [0.4, 0.5) is 0 Å². The Hall–Kier alpha value is -1.25. The van der Waals surface area contributed by atoms with Crippen LogP contribution in [-0.4, -0.2) is 9.78 Å². The zero-order chi connectivity index (χ0) is 7.56. The number of allylic oxidation sites excluding steroid dienone is 1. The molecular formula is C7H11N3. The molecule has 1 aromatic heterocycles. The number of nitrogens with two attached hydrogens (primary N) is 1. The summed E-state index contributed by atoms with van der Waals surface area (Å²) in [6, 6.07) is 0. The summed E-state index contributed by atoms with van der Waals surface area (Å²) < 4.78 is 1.75. The second kappa shape index (κ2) is 2.56.